The van der Waals surface area contributed by atoms with Crippen molar-refractivity contribution in [2.75, 3.05) is 0 Å². The summed E-state index contributed by atoms with van der Waals surface area (Å²) < 4.78 is 6.29. The van der Waals surface area contributed by atoms with E-state index in [0.717, 1.165) is 5.56 Å². The van der Waals surface area contributed by atoms with Crippen molar-refractivity contribution in [1.82, 2.24) is 0 Å². The molecule has 0 spiro atoms. The third kappa shape index (κ3) is 4.98. The molecule has 8 heteroatoms. The van der Waals surface area contributed by atoms with Gasteiger partial charge < -0.3 is 25.2 Å². The van der Waals surface area contributed by atoms with Gasteiger partial charge in [0.2, 0.25) is 0 Å². The Morgan fingerprint density at radius 2 is 1.31 bits per heavy atom. The summed E-state index contributed by atoms with van der Waals surface area (Å²) in [4.78, 5) is 13.5. The van der Waals surface area contributed by atoms with Crippen LogP contribution in [-0.4, -0.2) is 26.2 Å². The minimum Gasteiger partial charge on any atom is -0.507 e. The summed E-state index contributed by atoms with van der Waals surface area (Å²) in [5.41, 5.74) is 2.81. The quantitative estimate of drug-likeness (QED) is 0.202. The number of phenols is 4. The first-order valence-electron chi connectivity index (χ1n) is 12.4. The maximum Gasteiger partial charge on any atom is 0.174 e. The van der Waals surface area contributed by atoms with Gasteiger partial charge >= 0.3 is 0 Å². The van der Waals surface area contributed by atoms with E-state index in [1.54, 1.807) is 32.0 Å². The number of Topliss-reactive ketones (excluding diaryl/α,β-unsaturated/α-hetero) is 1. The van der Waals surface area contributed by atoms with Crippen LogP contribution in [0.15, 0.2) is 54.6 Å². The number of aryl methyl sites for hydroxylation is 2. The second kappa shape index (κ2) is 10.4. The van der Waals surface area contributed by atoms with Gasteiger partial charge in [-0.25, -0.2) is 0 Å². The summed E-state index contributed by atoms with van der Waals surface area (Å²) in [6.07, 6.45) is -0.800. The maximum absolute atomic E-state index is 13.5. The number of carbonyl (C=O) groups is 1. The number of carbonyl (C=O) groups excluding carboxylic acids is 1. The van der Waals surface area contributed by atoms with Crippen LogP contribution in [0.25, 0.3) is 0 Å². The summed E-state index contributed by atoms with van der Waals surface area (Å²) in [6.45, 7) is 3.39. The smallest absolute Gasteiger partial charge is 0.174 e. The highest BCUT2D eigenvalue weighted by molar-refractivity contribution is 6.31. The van der Waals surface area contributed by atoms with E-state index in [1.807, 2.05) is 30.3 Å². The molecule has 0 saturated heterocycles. The van der Waals surface area contributed by atoms with Crippen molar-refractivity contribution in [3.8, 4) is 28.7 Å². The topological polar surface area (TPSA) is 107 Å². The summed E-state index contributed by atoms with van der Waals surface area (Å²) in [7, 11) is 0. The van der Waals surface area contributed by atoms with Gasteiger partial charge in [0.05, 0.1) is 6.42 Å². The predicted octanol–water partition coefficient (Wildman–Crippen LogP) is 7.32. The number of aromatic hydroxyl groups is 4. The highest BCUT2D eigenvalue weighted by Crippen LogP contribution is 2.50. The maximum atomic E-state index is 13.5. The molecule has 0 saturated carbocycles. The third-order valence-corrected chi connectivity index (χ3v) is 7.54. The van der Waals surface area contributed by atoms with Gasteiger partial charge in [0.1, 0.15) is 40.4 Å². The largest absolute Gasteiger partial charge is 0.507 e. The molecule has 1 aliphatic heterocycles. The van der Waals surface area contributed by atoms with Crippen molar-refractivity contribution >= 4 is 29.0 Å². The second-order valence-corrected chi connectivity index (χ2v) is 10.7. The van der Waals surface area contributed by atoms with Gasteiger partial charge in [-0.3, -0.25) is 4.79 Å². The molecular formula is C31H26Cl2O6. The SMILES string of the molecule is Cc1cc(Cl)cc(Cc2c(O)c(Cc3cc(Cl)cc(C)c3O)c3c(c2O)C(=O)C[C@H](c2ccccc2)O3)c1O. The Labute approximate surface area is 235 Å². The average molecular weight is 565 g/mol. The van der Waals surface area contributed by atoms with Gasteiger partial charge in [0, 0.05) is 45.1 Å². The molecule has 0 fully saturated rings. The van der Waals surface area contributed by atoms with Crippen molar-refractivity contribution in [3.63, 3.8) is 0 Å². The van der Waals surface area contributed by atoms with Crippen molar-refractivity contribution in [1.29, 1.82) is 0 Å². The summed E-state index contributed by atoms with van der Waals surface area (Å²) >= 11 is 12.5. The Bertz CT molecular complexity index is 1610. The van der Waals surface area contributed by atoms with E-state index in [9.17, 15) is 25.2 Å². The van der Waals surface area contributed by atoms with E-state index in [2.05, 4.69) is 0 Å². The fraction of sp³-hybridized carbons (Fsp3) is 0.194. The van der Waals surface area contributed by atoms with Gasteiger partial charge in [-0.15, -0.1) is 0 Å². The Morgan fingerprint density at radius 1 is 0.769 bits per heavy atom. The molecule has 4 aromatic rings. The Balaban J connectivity index is 1.72. The molecule has 0 bridgehead atoms. The average Bonchev–Trinajstić information content (AvgIpc) is 2.89. The minimum atomic E-state index is -0.635. The number of benzene rings is 4. The number of halogens is 2. The van der Waals surface area contributed by atoms with Gasteiger partial charge in [-0.05, 0) is 54.8 Å². The van der Waals surface area contributed by atoms with E-state index < -0.39 is 11.9 Å². The highest BCUT2D eigenvalue weighted by Gasteiger charge is 2.36. The molecule has 0 amide bonds. The lowest BCUT2D eigenvalue weighted by Crippen LogP contribution is -2.22. The predicted molar refractivity (Wildman–Crippen MR) is 150 cm³/mol. The molecule has 6 nitrogen and oxygen atoms in total. The Kier molecular flexibility index (Phi) is 7.10. The van der Waals surface area contributed by atoms with Crippen molar-refractivity contribution in [2.45, 2.75) is 39.2 Å². The van der Waals surface area contributed by atoms with Gasteiger partial charge in [-0.1, -0.05) is 53.5 Å². The van der Waals surface area contributed by atoms with Crippen LogP contribution in [0.4, 0.5) is 0 Å². The molecular weight excluding hydrogens is 539 g/mol. The van der Waals surface area contributed by atoms with Gasteiger partial charge in [-0.2, -0.15) is 0 Å². The Hall–Kier alpha value is -3.87. The molecule has 1 heterocycles. The third-order valence-electron chi connectivity index (χ3n) is 7.10. The molecule has 4 N–H and O–H groups in total. The fourth-order valence-electron chi connectivity index (χ4n) is 5.10. The zero-order chi connectivity index (χ0) is 28.0. The van der Waals surface area contributed by atoms with Crippen LogP contribution < -0.4 is 4.74 Å². The van der Waals surface area contributed by atoms with Crippen molar-refractivity contribution in [3.05, 3.63) is 109 Å². The van der Waals surface area contributed by atoms with E-state index in [4.69, 9.17) is 27.9 Å². The van der Waals surface area contributed by atoms with Crippen LogP contribution in [0.3, 0.4) is 0 Å². The van der Waals surface area contributed by atoms with E-state index in [0.29, 0.717) is 32.3 Å². The molecule has 5 rings (SSSR count). The Morgan fingerprint density at radius 3 is 1.87 bits per heavy atom. The van der Waals surface area contributed by atoms with E-state index >= 15 is 0 Å². The lowest BCUT2D eigenvalue weighted by molar-refractivity contribution is 0.0842. The number of hydrogen-bond donors (Lipinski definition) is 4. The first kappa shape index (κ1) is 26.7. The van der Waals surface area contributed by atoms with Crippen LogP contribution in [0.1, 0.15) is 61.8 Å². The normalized spacial score (nSPS) is 14.7. The highest BCUT2D eigenvalue weighted by atomic mass is 35.5. The van der Waals surface area contributed by atoms with Crippen LogP contribution in [-0.2, 0) is 12.8 Å². The standard InChI is InChI=1S/C31H26Cl2O6/c1-15-8-20(32)10-18(27(15)35)12-22-29(37)23(13-19-11-21(33)9-16(2)28(19)36)31-26(30(22)38)24(34)14-25(39-31)17-6-4-3-5-7-17/h3-11,25,35-38H,12-14H2,1-2H3/t25-/m1/s1. The molecule has 1 atom stereocenters. The zero-order valence-corrected chi connectivity index (χ0v) is 22.8. The van der Waals surface area contributed by atoms with Crippen LogP contribution in [0, 0.1) is 13.8 Å². The van der Waals surface area contributed by atoms with Crippen LogP contribution in [0.5, 0.6) is 28.7 Å². The lowest BCUT2D eigenvalue weighted by Gasteiger charge is -2.30. The number of fused-ring (bicyclic) bond motifs is 1. The summed E-state index contributed by atoms with van der Waals surface area (Å²) in [5, 5.41) is 45.1. The molecule has 0 unspecified atom stereocenters. The van der Waals surface area contributed by atoms with E-state index in [-0.39, 0.29) is 64.7 Å². The van der Waals surface area contributed by atoms with Crippen molar-refractivity contribution in [2.24, 2.45) is 0 Å². The zero-order valence-electron chi connectivity index (χ0n) is 21.3. The van der Waals surface area contributed by atoms with Gasteiger partial charge in [0.15, 0.2) is 5.78 Å². The molecule has 200 valence electrons. The number of ketones is 1. The summed E-state index contributed by atoms with van der Waals surface area (Å²) in [6, 6.07) is 15.5. The van der Waals surface area contributed by atoms with Crippen LogP contribution in [0.2, 0.25) is 10.0 Å². The molecule has 4 aromatic carbocycles. The number of phenolic OH excluding ortho intramolecular Hbond substituents is 4. The second-order valence-electron chi connectivity index (χ2n) is 9.82. The van der Waals surface area contributed by atoms with Crippen LogP contribution >= 0.6 is 23.2 Å². The number of hydrogen-bond acceptors (Lipinski definition) is 6. The van der Waals surface area contributed by atoms with E-state index in [1.165, 1.54) is 6.07 Å². The molecule has 0 aromatic heterocycles. The number of ether oxygens (including phenoxy) is 1. The number of rotatable bonds is 5. The molecule has 0 radical (unpaired) electrons. The molecule has 39 heavy (non-hydrogen) atoms. The first-order chi connectivity index (χ1) is 18.5. The monoisotopic (exact) mass is 564 g/mol. The lowest BCUT2D eigenvalue weighted by atomic mass is 9.87. The molecule has 1 aliphatic rings. The van der Waals surface area contributed by atoms with Gasteiger partial charge in [0.25, 0.3) is 0 Å². The van der Waals surface area contributed by atoms with Crippen molar-refractivity contribution < 1.29 is 30.0 Å². The molecule has 0 aliphatic carbocycles. The fourth-order valence-corrected chi connectivity index (χ4v) is 5.69. The first-order valence-corrected chi connectivity index (χ1v) is 13.1. The minimum absolute atomic E-state index is 0.00738. The summed E-state index contributed by atoms with van der Waals surface area (Å²) in [5.74, 6) is -1.10.